The van der Waals surface area contributed by atoms with E-state index in [9.17, 15) is 9.59 Å². The minimum atomic E-state index is -0.451. The SMILES string of the molecule is Cn1nc(C2CC2)cc1C(=O)N1CCO[C@H](c2cc(C(=O)NCCO)c3ccccc3n2)C1. The van der Waals surface area contributed by atoms with Crippen LogP contribution in [0.25, 0.3) is 10.9 Å². The summed E-state index contributed by atoms with van der Waals surface area (Å²) in [6, 6.07) is 11.0. The standard InChI is InChI=1S/C24H27N5O4/c1-28-21(13-19(27-28)15-6-7-15)24(32)29-9-11-33-22(14-29)20-12-17(23(31)25-8-10-30)16-4-2-3-5-18(16)26-20/h2-5,12-13,15,22,30H,6-11,14H2,1H3,(H,25,31)/t22-/m0/s1. The van der Waals surface area contributed by atoms with E-state index in [2.05, 4.69) is 10.4 Å². The first-order valence-corrected chi connectivity index (χ1v) is 11.3. The molecule has 0 spiro atoms. The lowest BCUT2D eigenvalue weighted by Gasteiger charge is -2.32. The number of aromatic nitrogens is 3. The number of nitrogens with one attached hydrogen (secondary N) is 1. The number of hydrogen-bond donors (Lipinski definition) is 2. The second kappa shape index (κ2) is 8.92. The molecular weight excluding hydrogens is 422 g/mol. The molecule has 2 aromatic heterocycles. The Morgan fingerprint density at radius 3 is 2.82 bits per heavy atom. The van der Waals surface area contributed by atoms with Crippen molar-refractivity contribution < 1.29 is 19.4 Å². The summed E-state index contributed by atoms with van der Waals surface area (Å²) in [5.41, 5.74) is 3.31. The number of rotatable bonds is 6. The van der Waals surface area contributed by atoms with E-state index < -0.39 is 6.10 Å². The summed E-state index contributed by atoms with van der Waals surface area (Å²) in [5, 5.41) is 17.0. The van der Waals surface area contributed by atoms with Gasteiger partial charge in [-0.15, -0.1) is 0 Å². The van der Waals surface area contributed by atoms with Gasteiger partial charge in [-0.2, -0.15) is 5.10 Å². The smallest absolute Gasteiger partial charge is 0.272 e. The maximum atomic E-state index is 13.3. The number of aryl methyl sites for hydroxylation is 1. The van der Waals surface area contributed by atoms with E-state index in [1.807, 2.05) is 30.3 Å². The third-order valence-corrected chi connectivity index (χ3v) is 6.17. The fourth-order valence-corrected chi connectivity index (χ4v) is 4.26. The second-order valence-corrected chi connectivity index (χ2v) is 8.55. The number of aliphatic hydroxyl groups excluding tert-OH is 1. The quantitative estimate of drug-likeness (QED) is 0.594. The van der Waals surface area contributed by atoms with Crippen LogP contribution in [0.1, 0.15) is 57.1 Å². The first-order chi connectivity index (χ1) is 16.0. The third kappa shape index (κ3) is 4.34. The van der Waals surface area contributed by atoms with Gasteiger partial charge in [0, 0.05) is 31.4 Å². The molecule has 0 radical (unpaired) electrons. The molecule has 2 aliphatic rings. The molecule has 0 unspecified atom stereocenters. The molecule has 3 aromatic rings. The van der Waals surface area contributed by atoms with Crippen LogP contribution in [0.5, 0.6) is 0 Å². The lowest BCUT2D eigenvalue weighted by Crippen LogP contribution is -2.43. The highest BCUT2D eigenvalue weighted by Gasteiger charge is 2.32. The van der Waals surface area contributed by atoms with Crippen LogP contribution >= 0.6 is 0 Å². The zero-order valence-electron chi connectivity index (χ0n) is 18.5. The summed E-state index contributed by atoms with van der Waals surface area (Å²) in [6.07, 6.45) is 1.81. The number of para-hydroxylation sites is 1. The Labute approximate surface area is 191 Å². The van der Waals surface area contributed by atoms with Gasteiger partial charge in [-0.05, 0) is 31.0 Å². The van der Waals surface area contributed by atoms with Crippen molar-refractivity contribution >= 4 is 22.7 Å². The normalized spacial score (nSPS) is 18.5. The van der Waals surface area contributed by atoms with Crippen LogP contribution in [0.15, 0.2) is 36.4 Å². The largest absolute Gasteiger partial charge is 0.395 e. The highest BCUT2D eigenvalue weighted by atomic mass is 16.5. The van der Waals surface area contributed by atoms with Gasteiger partial charge in [0.1, 0.15) is 11.8 Å². The number of morpholine rings is 1. The van der Waals surface area contributed by atoms with Gasteiger partial charge < -0.3 is 20.1 Å². The van der Waals surface area contributed by atoms with E-state index in [1.165, 1.54) is 0 Å². The molecule has 172 valence electrons. The Bertz CT molecular complexity index is 1200. The third-order valence-electron chi connectivity index (χ3n) is 6.17. The van der Waals surface area contributed by atoms with Gasteiger partial charge >= 0.3 is 0 Å². The van der Waals surface area contributed by atoms with Crippen LogP contribution in [0.2, 0.25) is 0 Å². The molecule has 1 saturated carbocycles. The van der Waals surface area contributed by atoms with Crippen molar-refractivity contribution in [2.24, 2.45) is 7.05 Å². The van der Waals surface area contributed by atoms with Crippen molar-refractivity contribution in [1.82, 2.24) is 25.0 Å². The van der Waals surface area contributed by atoms with E-state index in [1.54, 1.807) is 22.7 Å². The van der Waals surface area contributed by atoms with Gasteiger partial charge in [0.05, 0.1) is 42.2 Å². The van der Waals surface area contributed by atoms with Crippen molar-refractivity contribution in [2.75, 3.05) is 32.8 Å². The molecular formula is C24H27N5O4. The summed E-state index contributed by atoms with van der Waals surface area (Å²) < 4.78 is 7.64. The number of fused-ring (bicyclic) bond motifs is 1. The number of ether oxygens (including phenoxy) is 1. The summed E-state index contributed by atoms with van der Waals surface area (Å²) in [4.78, 5) is 32.5. The first kappa shape index (κ1) is 21.5. The highest BCUT2D eigenvalue weighted by molar-refractivity contribution is 6.06. The van der Waals surface area contributed by atoms with E-state index in [0.717, 1.165) is 23.9 Å². The molecule has 1 saturated heterocycles. The van der Waals surface area contributed by atoms with Gasteiger partial charge in [0.25, 0.3) is 11.8 Å². The lowest BCUT2D eigenvalue weighted by molar-refractivity contribution is -0.0249. The molecule has 2 N–H and O–H groups in total. The predicted octanol–water partition coefficient (Wildman–Crippen LogP) is 1.78. The minimum Gasteiger partial charge on any atom is -0.395 e. The Kier molecular flexibility index (Phi) is 5.82. The summed E-state index contributed by atoms with van der Waals surface area (Å²) in [6.45, 7) is 1.23. The fourth-order valence-electron chi connectivity index (χ4n) is 4.26. The molecule has 2 fully saturated rings. The fraction of sp³-hybridized carbons (Fsp3) is 0.417. The van der Waals surface area contributed by atoms with Crippen LogP contribution < -0.4 is 5.32 Å². The summed E-state index contributed by atoms with van der Waals surface area (Å²) in [7, 11) is 1.80. The topological polar surface area (TPSA) is 110 Å². The molecule has 5 rings (SSSR count). The maximum Gasteiger partial charge on any atom is 0.272 e. The Balaban J connectivity index is 1.41. The zero-order valence-corrected chi connectivity index (χ0v) is 18.5. The number of carbonyl (C=O) groups excluding carboxylic acids is 2. The van der Waals surface area contributed by atoms with E-state index >= 15 is 0 Å². The molecule has 33 heavy (non-hydrogen) atoms. The zero-order chi connectivity index (χ0) is 22.9. The number of benzene rings is 1. The summed E-state index contributed by atoms with van der Waals surface area (Å²) in [5.74, 6) is 0.120. The lowest BCUT2D eigenvalue weighted by atomic mass is 10.0. The number of aliphatic hydroxyl groups is 1. The second-order valence-electron chi connectivity index (χ2n) is 8.55. The van der Waals surface area contributed by atoms with Gasteiger partial charge in [-0.25, -0.2) is 4.98 Å². The van der Waals surface area contributed by atoms with Crippen LogP contribution in [0.4, 0.5) is 0 Å². The van der Waals surface area contributed by atoms with Crippen LogP contribution in [0, 0.1) is 0 Å². The molecule has 9 heteroatoms. The number of nitrogens with zero attached hydrogens (tertiary/aromatic N) is 4. The monoisotopic (exact) mass is 449 g/mol. The molecule has 9 nitrogen and oxygen atoms in total. The number of hydrogen-bond acceptors (Lipinski definition) is 6. The van der Waals surface area contributed by atoms with Crippen molar-refractivity contribution in [3.05, 3.63) is 59.0 Å². The van der Waals surface area contributed by atoms with Gasteiger partial charge in [-0.1, -0.05) is 18.2 Å². The average Bonchev–Trinajstić information content (AvgIpc) is 3.63. The molecule has 1 aromatic carbocycles. The average molecular weight is 450 g/mol. The summed E-state index contributed by atoms with van der Waals surface area (Å²) >= 11 is 0. The van der Waals surface area contributed by atoms with E-state index in [4.69, 9.17) is 14.8 Å². The van der Waals surface area contributed by atoms with Crippen LogP contribution in [0.3, 0.4) is 0 Å². The minimum absolute atomic E-state index is 0.0769. The van der Waals surface area contributed by atoms with Gasteiger partial charge in [0.2, 0.25) is 0 Å². The number of carbonyl (C=O) groups is 2. The van der Waals surface area contributed by atoms with Crippen molar-refractivity contribution in [3.63, 3.8) is 0 Å². The molecule has 3 heterocycles. The Morgan fingerprint density at radius 1 is 1.21 bits per heavy atom. The van der Waals surface area contributed by atoms with Gasteiger partial charge in [-0.3, -0.25) is 14.3 Å². The van der Waals surface area contributed by atoms with E-state index in [0.29, 0.717) is 48.1 Å². The van der Waals surface area contributed by atoms with Crippen molar-refractivity contribution in [1.29, 1.82) is 0 Å². The Hall–Kier alpha value is -3.30. The number of amides is 2. The van der Waals surface area contributed by atoms with Crippen molar-refractivity contribution in [3.8, 4) is 0 Å². The molecule has 0 bridgehead atoms. The molecule has 1 atom stereocenters. The molecule has 1 aliphatic heterocycles. The highest BCUT2D eigenvalue weighted by Crippen LogP contribution is 2.39. The molecule has 1 aliphatic carbocycles. The Morgan fingerprint density at radius 2 is 2.03 bits per heavy atom. The number of pyridine rings is 1. The maximum absolute atomic E-state index is 13.3. The van der Waals surface area contributed by atoms with Crippen molar-refractivity contribution in [2.45, 2.75) is 24.9 Å². The molecule has 2 amide bonds. The first-order valence-electron chi connectivity index (χ1n) is 11.3. The predicted molar refractivity (Wildman–Crippen MR) is 121 cm³/mol. The van der Waals surface area contributed by atoms with E-state index in [-0.39, 0.29) is 25.0 Å². The van der Waals surface area contributed by atoms with Crippen LogP contribution in [-0.4, -0.2) is 69.4 Å². The van der Waals surface area contributed by atoms with Crippen LogP contribution in [-0.2, 0) is 11.8 Å². The van der Waals surface area contributed by atoms with Gasteiger partial charge in [0.15, 0.2) is 0 Å².